The molecule has 9 aromatic rings. The first kappa shape index (κ1) is 27.8. The van der Waals surface area contributed by atoms with Crippen molar-refractivity contribution in [3.05, 3.63) is 176 Å². The van der Waals surface area contributed by atoms with Crippen molar-refractivity contribution >= 4 is 32.3 Å². The van der Waals surface area contributed by atoms with Crippen molar-refractivity contribution in [1.82, 2.24) is 15.0 Å². The average Bonchev–Trinajstić information content (AvgIpc) is 3.18. The van der Waals surface area contributed by atoms with Gasteiger partial charge in [0.1, 0.15) is 0 Å². The van der Waals surface area contributed by atoms with Crippen LogP contribution in [0.5, 0.6) is 0 Å². The molecule has 3 nitrogen and oxygen atoms in total. The van der Waals surface area contributed by atoms with E-state index in [-0.39, 0.29) is 0 Å². The van der Waals surface area contributed by atoms with Crippen LogP contribution in [0.4, 0.5) is 0 Å². The number of fused-ring (bicyclic) bond motifs is 6. The van der Waals surface area contributed by atoms with Crippen LogP contribution in [-0.2, 0) is 0 Å². The van der Waals surface area contributed by atoms with Crippen LogP contribution in [0.25, 0.3) is 88.5 Å². The number of nitrogens with zero attached hydrogens (tertiary/aromatic N) is 3. The maximum absolute atomic E-state index is 5.02. The first-order valence-electron chi connectivity index (χ1n) is 16.2. The van der Waals surface area contributed by atoms with Crippen LogP contribution in [0.1, 0.15) is 0 Å². The Labute approximate surface area is 278 Å². The highest BCUT2D eigenvalue weighted by atomic mass is 14.9. The molecule has 0 aliphatic heterocycles. The van der Waals surface area contributed by atoms with Crippen molar-refractivity contribution in [3.8, 4) is 56.2 Å². The summed E-state index contributed by atoms with van der Waals surface area (Å²) in [5.74, 6) is 0.720. The molecule has 3 heteroatoms. The number of hydrogen-bond acceptors (Lipinski definition) is 3. The lowest BCUT2D eigenvalue weighted by Crippen LogP contribution is -1.95. The molecule has 0 atom stereocenters. The smallest absolute Gasteiger partial charge is 0.160 e. The second-order valence-corrected chi connectivity index (χ2v) is 12.1. The minimum atomic E-state index is 0.720. The number of pyridine rings is 1. The van der Waals surface area contributed by atoms with E-state index >= 15 is 0 Å². The number of hydrogen-bond donors (Lipinski definition) is 0. The number of benzene rings is 7. The third-order valence-electron chi connectivity index (χ3n) is 9.17. The number of aromatic nitrogens is 3. The van der Waals surface area contributed by atoms with Crippen LogP contribution in [0.3, 0.4) is 0 Å². The van der Waals surface area contributed by atoms with Gasteiger partial charge in [-0.2, -0.15) is 0 Å². The van der Waals surface area contributed by atoms with Crippen LogP contribution >= 0.6 is 0 Å². The molecule has 0 N–H and O–H groups in total. The van der Waals surface area contributed by atoms with Crippen LogP contribution in [0.2, 0.25) is 0 Å². The molecular formula is C45H29N3. The van der Waals surface area contributed by atoms with E-state index in [0.717, 1.165) is 45.0 Å². The minimum absolute atomic E-state index is 0.720. The fourth-order valence-corrected chi connectivity index (χ4v) is 6.75. The third-order valence-corrected chi connectivity index (χ3v) is 9.17. The Kier molecular flexibility index (Phi) is 6.80. The Morgan fingerprint density at radius 3 is 1.33 bits per heavy atom. The normalized spacial score (nSPS) is 11.3. The molecular weight excluding hydrogens is 583 g/mol. The van der Waals surface area contributed by atoms with E-state index in [2.05, 4.69) is 126 Å². The molecule has 0 bridgehead atoms. The van der Waals surface area contributed by atoms with Crippen molar-refractivity contribution in [1.29, 1.82) is 0 Å². The maximum atomic E-state index is 5.02. The van der Waals surface area contributed by atoms with Gasteiger partial charge >= 0.3 is 0 Å². The van der Waals surface area contributed by atoms with Gasteiger partial charge in [-0.15, -0.1) is 0 Å². The monoisotopic (exact) mass is 611 g/mol. The van der Waals surface area contributed by atoms with Gasteiger partial charge in [-0.1, -0.05) is 140 Å². The molecule has 0 unspecified atom stereocenters. The van der Waals surface area contributed by atoms with Gasteiger partial charge in [0.05, 0.1) is 11.4 Å². The van der Waals surface area contributed by atoms with Crippen molar-refractivity contribution in [2.45, 2.75) is 0 Å². The van der Waals surface area contributed by atoms with Gasteiger partial charge in [-0.25, -0.2) is 9.97 Å². The molecule has 224 valence electrons. The van der Waals surface area contributed by atoms with Gasteiger partial charge in [0.15, 0.2) is 5.82 Å². The fourth-order valence-electron chi connectivity index (χ4n) is 6.75. The Balaban J connectivity index is 1.13. The fraction of sp³-hybridized carbons (Fsp3) is 0. The van der Waals surface area contributed by atoms with Crippen molar-refractivity contribution in [2.75, 3.05) is 0 Å². The van der Waals surface area contributed by atoms with E-state index in [1.807, 2.05) is 54.9 Å². The lowest BCUT2D eigenvalue weighted by molar-refractivity contribution is 1.18. The minimum Gasteiger partial charge on any atom is -0.264 e. The van der Waals surface area contributed by atoms with Crippen molar-refractivity contribution in [3.63, 3.8) is 0 Å². The Hall–Kier alpha value is -6.45. The second kappa shape index (κ2) is 11.7. The van der Waals surface area contributed by atoms with Gasteiger partial charge in [0, 0.05) is 34.6 Å². The highest BCUT2D eigenvalue weighted by Gasteiger charge is 2.13. The van der Waals surface area contributed by atoms with Gasteiger partial charge in [-0.3, -0.25) is 4.98 Å². The van der Waals surface area contributed by atoms with Gasteiger partial charge < -0.3 is 0 Å². The summed E-state index contributed by atoms with van der Waals surface area (Å²) in [7, 11) is 0. The molecule has 48 heavy (non-hydrogen) atoms. The average molecular weight is 612 g/mol. The first-order chi connectivity index (χ1) is 23.8. The largest absolute Gasteiger partial charge is 0.264 e. The zero-order chi connectivity index (χ0) is 31.9. The zero-order valence-electron chi connectivity index (χ0n) is 26.1. The molecule has 7 aromatic carbocycles. The quantitative estimate of drug-likeness (QED) is 0.182. The van der Waals surface area contributed by atoms with Crippen LogP contribution < -0.4 is 0 Å². The molecule has 0 saturated carbocycles. The predicted octanol–water partition coefficient (Wildman–Crippen LogP) is 11.7. The molecule has 0 radical (unpaired) electrons. The predicted molar refractivity (Wildman–Crippen MR) is 200 cm³/mol. The number of rotatable bonds is 5. The summed E-state index contributed by atoms with van der Waals surface area (Å²) in [6, 6.07) is 57.8. The second-order valence-electron chi connectivity index (χ2n) is 12.1. The van der Waals surface area contributed by atoms with E-state index in [4.69, 9.17) is 9.97 Å². The van der Waals surface area contributed by atoms with E-state index in [1.54, 1.807) is 0 Å². The van der Waals surface area contributed by atoms with Crippen LogP contribution in [-0.4, -0.2) is 15.0 Å². The molecule has 0 saturated heterocycles. The van der Waals surface area contributed by atoms with Crippen molar-refractivity contribution < 1.29 is 0 Å². The molecule has 2 aromatic heterocycles. The van der Waals surface area contributed by atoms with Gasteiger partial charge in [0.25, 0.3) is 0 Å². The maximum Gasteiger partial charge on any atom is 0.160 e. The molecule has 0 fully saturated rings. The first-order valence-corrected chi connectivity index (χ1v) is 16.2. The summed E-state index contributed by atoms with van der Waals surface area (Å²) in [6.07, 6.45) is 3.75. The Morgan fingerprint density at radius 1 is 0.292 bits per heavy atom. The Morgan fingerprint density at radius 2 is 0.750 bits per heavy atom. The van der Waals surface area contributed by atoms with E-state index in [1.165, 1.54) is 43.4 Å². The SMILES string of the molecule is c1ccc(-c2cc(-c3ccc(-c4ccc5c6ccc(-c7cccnc7)cc6c6ccccc6c5c4)cc3)nc(-c3ccccc3)n2)cc1. The summed E-state index contributed by atoms with van der Waals surface area (Å²) < 4.78 is 0. The summed E-state index contributed by atoms with van der Waals surface area (Å²) in [5.41, 5.74) is 9.57. The third kappa shape index (κ3) is 4.99. The summed E-state index contributed by atoms with van der Waals surface area (Å²) in [5, 5.41) is 7.53. The van der Waals surface area contributed by atoms with Gasteiger partial charge in [-0.05, 0) is 73.3 Å². The summed E-state index contributed by atoms with van der Waals surface area (Å²) in [6.45, 7) is 0. The molecule has 0 spiro atoms. The lowest BCUT2D eigenvalue weighted by atomic mass is 9.90. The summed E-state index contributed by atoms with van der Waals surface area (Å²) >= 11 is 0. The molecule has 0 aliphatic rings. The Bertz CT molecular complexity index is 2500. The van der Waals surface area contributed by atoms with E-state index in [0.29, 0.717) is 0 Å². The van der Waals surface area contributed by atoms with E-state index < -0.39 is 0 Å². The lowest BCUT2D eigenvalue weighted by Gasteiger charge is -2.14. The standard InChI is InChI=1S/C45H29N3/c1-3-10-31(11-4-1)43-28-44(48-45(47-43)33-12-5-2-6-13-33)32-19-17-30(18-20-32)34-21-23-39-40-24-22-35(36-14-9-25-46-29-36)27-42(40)38-16-8-7-15-37(38)41(39)26-34/h1-29H. The molecule has 2 heterocycles. The molecule has 9 rings (SSSR count). The highest BCUT2D eigenvalue weighted by Crippen LogP contribution is 2.39. The van der Waals surface area contributed by atoms with E-state index in [9.17, 15) is 0 Å². The van der Waals surface area contributed by atoms with Gasteiger partial charge in [0.2, 0.25) is 0 Å². The molecule has 0 aliphatic carbocycles. The zero-order valence-corrected chi connectivity index (χ0v) is 26.1. The molecule has 0 amide bonds. The van der Waals surface area contributed by atoms with Crippen LogP contribution in [0, 0.1) is 0 Å². The van der Waals surface area contributed by atoms with Crippen molar-refractivity contribution in [2.24, 2.45) is 0 Å². The topological polar surface area (TPSA) is 38.7 Å². The summed E-state index contributed by atoms with van der Waals surface area (Å²) in [4.78, 5) is 14.3. The van der Waals surface area contributed by atoms with Crippen LogP contribution in [0.15, 0.2) is 176 Å². The highest BCUT2D eigenvalue weighted by molar-refractivity contribution is 6.26.